The molecule has 7 nitrogen and oxygen atoms in total. The van der Waals surface area contributed by atoms with Crippen molar-refractivity contribution in [2.24, 2.45) is 7.05 Å². The van der Waals surface area contributed by atoms with Crippen LogP contribution in [0, 0.1) is 0 Å². The quantitative estimate of drug-likeness (QED) is 0.519. The van der Waals surface area contributed by atoms with Gasteiger partial charge in [-0.2, -0.15) is 0 Å². The minimum atomic E-state index is 0.404. The van der Waals surface area contributed by atoms with E-state index in [-0.39, 0.29) is 0 Å². The molecule has 1 aliphatic rings. The lowest BCUT2D eigenvalue weighted by Crippen LogP contribution is -2.34. The van der Waals surface area contributed by atoms with Gasteiger partial charge in [0.15, 0.2) is 0 Å². The highest BCUT2D eigenvalue weighted by atomic mass is 16.5. The lowest BCUT2D eigenvalue weighted by atomic mass is 9.92. The molecule has 0 radical (unpaired) electrons. The Morgan fingerprint density at radius 3 is 2.43 bits per heavy atom. The second-order valence-electron chi connectivity index (χ2n) is 7.66. The van der Waals surface area contributed by atoms with Crippen molar-refractivity contribution in [3.8, 4) is 17.0 Å². The Kier molecular flexibility index (Phi) is 4.78. The Morgan fingerprint density at radius 2 is 1.73 bits per heavy atom. The Morgan fingerprint density at radius 1 is 1.00 bits per heavy atom. The number of piperidine rings is 1. The summed E-state index contributed by atoms with van der Waals surface area (Å²) in [5, 5.41) is 0. The third kappa shape index (κ3) is 3.36. The van der Waals surface area contributed by atoms with Crippen LogP contribution in [0.4, 0.5) is 5.95 Å². The first-order valence-corrected chi connectivity index (χ1v) is 10.2. The first-order valence-electron chi connectivity index (χ1n) is 10.2. The molecule has 0 bridgehead atoms. The Bertz CT molecular complexity index is 1150. The average Bonchev–Trinajstić information content (AvgIpc) is 3.20. The van der Waals surface area contributed by atoms with E-state index in [9.17, 15) is 0 Å². The molecule has 0 aliphatic carbocycles. The van der Waals surface area contributed by atoms with Gasteiger partial charge in [-0.3, -0.25) is 4.98 Å². The van der Waals surface area contributed by atoms with Crippen LogP contribution in [0.3, 0.4) is 0 Å². The number of ether oxygens (including phenoxy) is 1. The molecular weight excluding hydrogens is 376 g/mol. The van der Waals surface area contributed by atoms with Gasteiger partial charge in [-0.05, 0) is 49.2 Å². The van der Waals surface area contributed by atoms with E-state index in [1.807, 2.05) is 31.6 Å². The molecule has 152 valence electrons. The summed E-state index contributed by atoms with van der Waals surface area (Å²) < 4.78 is 7.38. The van der Waals surface area contributed by atoms with Gasteiger partial charge in [-0.25, -0.2) is 15.0 Å². The number of hydrogen-bond acceptors (Lipinski definition) is 6. The Hall–Kier alpha value is -3.48. The molecule has 1 aliphatic heterocycles. The van der Waals surface area contributed by atoms with Crippen LogP contribution in [-0.2, 0) is 7.05 Å². The minimum absolute atomic E-state index is 0.404. The second kappa shape index (κ2) is 7.74. The molecule has 4 aromatic rings. The van der Waals surface area contributed by atoms with Crippen molar-refractivity contribution < 1.29 is 4.74 Å². The average molecular weight is 400 g/mol. The van der Waals surface area contributed by atoms with Gasteiger partial charge < -0.3 is 14.2 Å². The van der Waals surface area contributed by atoms with Crippen molar-refractivity contribution in [1.29, 1.82) is 0 Å². The SMILES string of the molecule is COc1ccc(-c2nc(C3CCN(c4ncccn4)CC3)cc3c2ncn3C)cc1. The fourth-order valence-corrected chi connectivity index (χ4v) is 4.14. The van der Waals surface area contributed by atoms with E-state index in [1.54, 1.807) is 19.5 Å². The van der Waals surface area contributed by atoms with Gasteiger partial charge in [0.2, 0.25) is 5.95 Å². The number of aromatic nitrogens is 5. The van der Waals surface area contributed by atoms with Gasteiger partial charge in [0.05, 0.1) is 24.6 Å². The van der Waals surface area contributed by atoms with Crippen molar-refractivity contribution >= 4 is 17.0 Å². The molecule has 0 N–H and O–H groups in total. The highest BCUT2D eigenvalue weighted by Gasteiger charge is 2.25. The zero-order valence-electron chi connectivity index (χ0n) is 17.2. The van der Waals surface area contributed by atoms with Crippen molar-refractivity contribution in [3.05, 3.63) is 60.8 Å². The number of hydrogen-bond donors (Lipinski definition) is 0. The molecule has 30 heavy (non-hydrogen) atoms. The number of benzene rings is 1. The van der Waals surface area contributed by atoms with Crippen molar-refractivity contribution in [2.45, 2.75) is 18.8 Å². The van der Waals surface area contributed by atoms with E-state index in [0.717, 1.165) is 65.6 Å². The highest BCUT2D eigenvalue weighted by molar-refractivity contribution is 5.90. The van der Waals surface area contributed by atoms with Crippen LogP contribution < -0.4 is 9.64 Å². The second-order valence-corrected chi connectivity index (χ2v) is 7.66. The lowest BCUT2D eigenvalue weighted by molar-refractivity contribution is 0.415. The molecule has 0 atom stereocenters. The number of anilines is 1. The van der Waals surface area contributed by atoms with Crippen LogP contribution in [0.5, 0.6) is 5.75 Å². The fourth-order valence-electron chi connectivity index (χ4n) is 4.14. The third-order valence-corrected chi connectivity index (χ3v) is 5.84. The van der Waals surface area contributed by atoms with E-state index in [0.29, 0.717) is 5.92 Å². The van der Waals surface area contributed by atoms with E-state index in [1.165, 1.54) is 0 Å². The maximum absolute atomic E-state index is 5.31. The molecular formula is C23H24N6O. The van der Waals surface area contributed by atoms with Gasteiger partial charge in [0.1, 0.15) is 11.3 Å². The van der Waals surface area contributed by atoms with E-state index < -0.39 is 0 Å². The summed E-state index contributed by atoms with van der Waals surface area (Å²) in [5.74, 6) is 2.05. The number of pyridine rings is 1. The predicted molar refractivity (Wildman–Crippen MR) is 117 cm³/mol. The number of nitrogens with zero attached hydrogens (tertiary/aromatic N) is 6. The summed E-state index contributed by atoms with van der Waals surface area (Å²) in [6.07, 6.45) is 7.51. The number of methoxy groups -OCH3 is 1. The number of rotatable bonds is 4. The molecule has 1 fully saturated rings. The molecule has 0 spiro atoms. The van der Waals surface area contributed by atoms with Crippen LogP contribution in [0.15, 0.2) is 55.1 Å². The van der Waals surface area contributed by atoms with Gasteiger partial charge in [-0.1, -0.05) is 0 Å². The van der Waals surface area contributed by atoms with Gasteiger partial charge >= 0.3 is 0 Å². The lowest BCUT2D eigenvalue weighted by Gasteiger charge is -2.31. The summed E-state index contributed by atoms with van der Waals surface area (Å²) in [4.78, 5) is 20.8. The normalized spacial score (nSPS) is 14.9. The highest BCUT2D eigenvalue weighted by Crippen LogP contribution is 2.34. The summed E-state index contributed by atoms with van der Waals surface area (Å²) >= 11 is 0. The van der Waals surface area contributed by atoms with Crippen LogP contribution in [-0.4, -0.2) is 44.7 Å². The first kappa shape index (κ1) is 18.5. The maximum atomic E-state index is 5.31. The van der Waals surface area contributed by atoms with Crippen LogP contribution in [0.2, 0.25) is 0 Å². The number of fused-ring (bicyclic) bond motifs is 1. The molecule has 1 saturated heterocycles. The number of aryl methyl sites for hydroxylation is 1. The monoisotopic (exact) mass is 400 g/mol. The van der Waals surface area contributed by atoms with E-state index in [4.69, 9.17) is 9.72 Å². The largest absolute Gasteiger partial charge is 0.497 e. The summed E-state index contributed by atoms with van der Waals surface area (Å²) in [6.45, 7) is 1.86. The van der Waals surface area contributed by atoms with Crippen LogP contribution in [0.25, 0.3) is 22.3 Å². The Balaban J connectivity index is 1.47. The molecule has 1 aromatic carbocycles. The minimum Gasteiger partial charge on any atom is -0.497 e. The standard InChI is InChI=1S/C23H24N6O/c1-28-15-26-22-20(28)14-19(27-21(22)17-4-6-18(30-2)7-5-17)16-8-12-29(13-9-16)23-24-10-3-11-25-23/h3-7,10-11,14-16H,8-9,12-13H2,1-2H3. The molecule has 3 aromatic heterocycles. The summed E-state index contributed by atoms with van der Waals surface area (Å²) in [6, 6.07) is 12.1. The van der Waals surface area contributed by atoms with Gasteiger partial charge in [0, 0.05) is 49.7 Å². The zero-order valence-corrected chi connectivity index (χ0v) is 17.2. The summed E-state index contributed by atoms with van der Waals surface area (Å²) in [7, 11) is 3.71. The molecule has 0 unspecified atom stereocenters. The van der Waals surface area contributed by atoms with Crippen molar-refractivity contribution in [2.75, 3.05) is 25.1 Å². The third-order valence-electron chi connectivity index (χ3n) is 5.84. The summed E-state index contributed by atoms with van der Waals surface area (Å²) in [5.41, 5.74) is 5.16. The molecule has 4 heterocycles. The van der Waals surface area contributed by atoms with Crippen LogP contribution >= 0.6 is 0 Å². The molecule has 0 saturated carbocycles. The zero-order chi connectivity index (χ0) is 20.5. The topological polar surface area (TPSA) is 69.0 Å². The van der Waals surface area contributed by atoms with Gasteiger partial charge in [0.25, 0.3) is 0 Å². The van der Waals surface area contributed by atoms with Crippen molar-refractivity contribution in [1.82, 2.24) is 24.5 Å². The van der Waals surface area contributed by atoms with Crippen LogP contribution in [0.1, 0.15) is 24.5 Å². The fraction of sp³-hybridized carbons (Fsp3) is 0.304. The van der Waals surface area contributed by atoms with Gasteiger partial charge in [-0.15, -0.1) is 0 Å². The van der Waals surface area contributed by atoms with E-state index >= 15 is 0 Å². The smallest absolute Gasteiger partial charge is 0.225 e. The molecule has 0 amide bonds. The van der Waals surface area contributed by atoms with Crippen molar-refractivity contribution in [3.63, 3.8) is 0 Å². The van der Waals surface area contributed by atoms with E-state index in [2.05, 4.69) is 42.6 Å². The predicted octanol–water partition coefficient (Wildman–Crippen LogP) is 3.82. The maximum Gasteiger partial charge on any atom is 0.225 e. The first-order chi connectivity index (χ1) is 14.7. The molecule has 5 rings (SSSR count). The molecule has 7 heteroatoms. The number of imidazole rings is 1. The Labute approximate surface area is 175 Å².